The minimum atomic E-state index is -0.900. The van der Waals surface area contributed by atoms with Crippen LogP contribution in [0.3, 0.4) is 0 Å². The molecule has 8 heteroatoms. The maximum atomic E-state index is 13.2. The van der Waals surface area contributed by atoms with Gasteiger partial charge in [-0.05, 0) is 115 Å². The second-order valence-corrected chi connectivity index (χ2v) is 13.0. The van der Waals surface area contributed by atoms with Crippen LogP contribution < -0.4 is 9.47 Å². The third-order valence-electron chi connectivity index (χ3n) is 8.90. The number of benzene rings is 5. The Morgan fingerprint density at radius 3 is 1.31 bits per heavy atom. The maximum Gasteiger partial charge on any atom is 0.343 e. The molecular formula is C46H46O8. The molecule has 0 N–H and O–H groups in total. The van der Waals surface area contributed by atoms with Crippen molar-refractivity contribution in [2.75, 3.05) is 6.61 Å². The molecule has 5 aromatic carbocycles. The van der Waals surface area contributed by atoms with E-state index in [4.69, 9.17) is 18.9 Å². The van der Waals surface area contributed by atoms with Crippen molar-refractivity contribution in [2.45, 2.75) is 71.3 Å². The van der Waals surface area contributed by atoms with Crippen molar-refractivity contribution in [1.82, 2.24) is 0 Å². The normalized spacial score (nSPS) is 11.3. The third kappa shape index (κ3) is 11.7. The summed E-state index contributed by atoms with van der Waals surface area (Å²) in [5.41, 5.74) is 4.33. The zero-order valence-corrected chi connectivity index (χ0v) is 30.8. The minimum absolute atomic E-state index is 0.228. The molecule has 0 bridgehead atoms. The van der Waals surface area contributed by atoms with E-state index in [2.05, 4.69) is 13.8 Å². The average molecular weight is 727 g/mol. The highest BCUT2D eigenvalue weighted by Crippen LogP contribution is 2.23. The van der Waals surface area contributed by atoms with Crippen LogP contribution in [0.2, 0.25) is 0 Å². The lowest BCUT2D eigenvalue weighted by Crippen LogP contribution is -2.19. The Bertz CT molecular complexity index is 1950. The van der Waals surface area contributed by atoms with Crippen LogP contribution in [0.1, 0.15) is 117 Å². The Hall–Kier alpha value is -6.02. The number of hydrogen-bond donors (Lipinski definition) is 0. The zero-order chi connectivity index (χ0) is 38.1. The molecule has 0 aromatic heterocycles. The Kier molecular flexibility index (Phi) is 14.7. The van der Waals surface area contributed by atoms with E-state index in [9.17, 15) is 19.2 Å². The van der Waals surface area contributed by atoms with Crippen LogP contribution in [0.15, 0.2) is 127 Å². The van der Waals surface area contributed by atoms with Crippen molar-refractivity contribution in [3.8, 4) is 11.5 Å². The number of esters is 4. The van der Waals surface area contributed by atoms with Gasteiger partial charge in [0.1, 0.15) is 18.1 Å². The molecule has 0 saturated heterocycles. The topological polar surface area (TPSA) is 105 Å². The minimum Gasteiger partial charge on any atom is -0.458 e. The summed E-state index contributed by atoms with van der Waals surface area (Å²) in [6.45, 7) is 4.08. The lowest BCUT2D eigenvalue weighted by atomic mass is 10.1. The van der Waals surface area contributed by atoms with Gasteiger partial charge >= 0.3 is 23.9 Å². The number of unbranched alkanes of at least 4 members (excludes halogenated alkanes) is 4. The first-order valence-corrected chi connectivity index (χ1v) is 18.6. The van der Waals surface area contributed by atoms with Crippen LogP contribution in [0.5, 0.6) is 11.5 Å². The van der Waals surface area contributed by atoms with Gasteiger partial charge in [0, 0.05) is 0 Å². The Morgan fingerprint density at radius 2 is 0.870 bits per heavy atom. The Labute approximate surface area is 317 Å². The van der Waals surface area contributed by atoms with Crippen LogP contribution in [0.25, 0.3) is 0 Å². The summed E-state index contributed by atoms with van der Waals surface area (Å²) in [6, 6.07) is 35.9. The van der Waals surface area contributed by atoms with Gasteiger partial charge in [-0.25, -0.2) is 19.2 Å². The number of rotatable bonds is 18. The smallest absolute Gasteiger partial charge is 0.343 e. The molecule has 278 valence electrons. The van der Waals surface area contributed by atoms with E-state index in [0.29, 0.717) is 16.7 Å². The molecule has 54 heavy (non-hydrogen) atoms. The van der Waals surface area contributed by atoms with E-state index in [0.717, 1.165) is 38.5 Å². The average Bonchev–Trinajstić information content (AvgIpc) is 3.21. The van der Waals surface area contributed by atoms with Crippen molar-refractivity contribution in [3.63, 3.8) is 0 Å². The van der Waals surface area contributed by atoms with Gasteiger partial charge in [-0.1, -0.05) is 94.1 Å². The molecule has 1 atom stereocenters. The van der Waals surface area contributed by atoms with Crippen molar-refractivity contribution in [3.05, 3.63) is 166 Å². The second kappa shape index (κ2) is 20.3. The van der Waals surface area contributed by atoms with Crippen LogP contribution in [0, 0.1) is 0 Å². The van der Waals surface area contributed by atoms with Crippen LogP contribution in [0.4, 0.5) is 0 Å². The molecule has 0 aliphatic carbocycles. The quantitative estimate of drug-likeness (QED) is 0.0499. The Morgan fingerprint density at radius 1 is 0.463 bits per heavy atom. The van der Waals surface area contributed by atoms with Gasteiger partial charge in [0.25, 0.3) is 0 Å². The lowest BCUT2D eigenvalue weighted by molar-refractivity contribution is -0.00134. The number of hydrogen-bond acceptors (Lipinski definition) is 8. The third-order valence-corrected chi connectivity index (χ3v) is 8.90. The SMILES string of the molecule is CCCCCc1ccc(C(=O)Oc2ccc(C(=O)OCC(OC(=O)c3ccc(OC(=O)c4ccc(CCCCC)cc4)cc3)c3ccccc3)cc2)cc1. The van der Waals surface area contributed by atoms with Gasteiger partial charge in [-0.2, -0.15) is 0 Å². The molecule has 5 rings (SSSR count). The van der Waals surface area contributed by atoms with Gasteiger partial charge in [0.15, 0.2) is 6.10 Å². The highest BCUT2D eigenvalue weighted by molar-refractivity contribution is 5.93. The summed E-state index contributed by atoms with van der Waals surface area (Å²) >= 11 is 0. The summed E-state index contributed by atoms with van der Waals surface area (Å²) in [4.78, 5) is 51.6. The summed E-state index contributed by atoms with van der Waals surface area (Å²) in [6.07, 6.45) is 7.90. The predicted octanol–water partition coefficient (Wildman–Crippen LogP) is 10.3. The van der Waals surface area contributed by atoms with Gasteiger partial charge in [0.2, 0.25) is 0 Å². The molecule has 5 aromatic rings. The molecule has 0 radical (unpaired) electrons. The molecule has 0 aliphatic rings. The summed E-state index contributed by atoms with van der Waals surface area (Å²) in [5, 5.41) is 0. The first-order chi connectivity index (χ1) is 26.3. The fourth-order valence-corrected chi connectivity index (χ4v) is 5.72. The largest absolute Gasteiger partial charge is 0.458 e. The van der Waals surface area contributed by atoms with Crippen molar-refractivity contribution in [2.24, 2.45) is 0 Å². The van der Waals surface area contributed by atoms with Gasteiger partial charge < -0.3 is 18.9 Å². The van der Waals surface area contributed by atoms with Gasteiger partial charge in [0.05, 0.1) is 22.3 Å². The lowest BCUT2D eigenvalue weighted by Gasteiger charge is -2.18. The zero-order valence-electron chi connectivity index (χ0n) is 30.8. The first kappa shape index (κ1) is 39.2. The molecule has 0 amide bonds. The van der Waals surface area contributed by atoms with E-state index < -0.39 is 30.0 Å². The standard InChI is InChI=1S/C46H46O8/c1-3-5-8-12-33-16-20-37(21-17-33)44(48)52-40-28-24-36(25-29-40)43(47)51-32-42(35-14-10-7-11-15-35)54-46(50)39-26-30-41(31-27-39)53-45(49)38-22-18-34(19-23-38)13-9-6-4-2/h7,10-11,14-31,42H,3-6,8-9,12-13,32H2,1-2H3. The number of carbonyl (C=O) groups is 4. The predicted molar refractivity (Wildman–Crippen MR) is 207 cm³/mol. The van der Waals surface area contributed by atoms with Crippen LogP contribution in [-0.2, 0) is 22.3 Å². The summed E-state index contributed by atoms with van der Waals surface area (Å²) in [7, 11) is 0. The van der Waals surface area contributed by atoms with Crippen molar-refractivity contribution < 1.29 is 38.1 Å². The fourth-order valence-electron chi connectivity index (χ4n) is 5.72. The first-order valence-electron chi connectivity index (χ1n) is 18.6. The van der Waals surface area contributed by atoms with Crippen LogP contribution in [-0.4, -0.2) is 30.5 Å². The number of carbonyl (C=O) groups excluding carboxylic acids is 4. The monoisotopic (exact) mass is 726 g/mol. The van der Waals surface area contributed by atoms with E-state index in [1.165, 1.54) is 72.5 Å². The molecule has 1 unspecified atom stereocenters. The highest BCUT2D eigenvalue weighted by atomic mass is 16.6. The highest BCUT2D eigenvalue weighted by Gasteiger charge is 2.21. The number of ether oxygens (including phenoxy) is 4. The van der Waals surface area contributed by atoms with E-state index in [-0.39, 0.29) is 29.2 Å². The molecule has 0 fully saturated rings. The molecule has 0 saturated carbocycles. The van der Waals surface area contributed by atoms with E-state index in [1.54, 1.807) is 48.5 Å². The summed E-state index contributed by atoms with van der Waals surface area (Å²) in [5.74, 6) is -1.70. The van der Waals surface area contributed by atoms with Crippen molar-refractivity contribution >= 4 is 23.9 Å². The molecular weight excluding hydrogens is 680 g/mol. The van der Waals surface area contributed by atoms with Gasteiger partial charge in [-0.15, -0.1) is 0 Å². The molecule has 0 heterocycles. The summed E-state index contributed by atoms with van der Waals surface area (Å²) < 4.78 is 22.4. The van der Waals surface area contributed by atoms with Gasteiger partial charge in [-0.3, -0.25) is 0 Å². The van der Waals surface area contributed by atoms with E-state index >= 15 is 0 Å². The number of aryl methyl sites for hydroxylation is 2. The van der Waals surface area contributed by atoms with E-state index in [1.807, 2.05) is 30.3 Å². The fraction of sp³-hybridized carbons (Fsp3) is 0.261. The Balaban J connectivity index is 1.14. The molecule has 0 aliphatic heterocycles. The van der Waals surface area contributed by atoms with Crippen LogP contribution >= 0.6 is 0 Å². The van der Waals surface area contributed by atoms with Crippen molar-refractivity contribution in [1.29, 1.82) is 0 Å². The molecule has 0 spiro atoms. The molecule has 8 nitrogen and oxygen atoms in total. The maximum absolute atomic E-state index is 13.2. The second-order valence-electron chi connectivity index (χ2n) is 13.0.